The molecule has 0 bridgehead atoms. The van der Waals surface area contributed by atoms with Gasteiger partial charge in [-0.25, -0.2) is 4.98 Å². The van der Waals surface area contributed by atoms with E-state index in [-0.39, 0.29) is 0 Å². The maximum atomic E-state index is 13.5. The van der Waals surface area contributed by atoms with Crippen molar-refractivity contribution in [3.05, 3.63) is 70.8 Å². The predicted octanol–water partition coefficient (Wildman–Crippen LogP) is 8.23. The Hall–Kier alpha value is -2.32. The molecule has 0 unspecified atom stereocenters. The van der Waals surface area contributed by atoms with Crippen LogP contribution in [-0.4, -0.2) is 33.5 Å². The van der Waals surface area contributed by atoms with Gasteiger partial charge in [-0.1, -0.05) is 54.9 Å². The summed E-state index contributed by atoms with van der Waals surface area (Å²) >= 11 is 7.13. The largest absolute Gasteiger partial charge is 0.416 e. The molecular weight excluding hydrogens is 511 g/mol. The normalized spacial score (nSPS) is 14.3. The van der Waals surface area contributed by atoms with E-state index in [9.17, 15) is 13.2 Å². The SMILES string of the molecule is CCN(CC1CCCC1)c1nc2ccccc2cc1CN(Cc1cc(C)cc(C(F)(F)F)c1)C(=S)SC. The maximum Gasteiger partial charge on any atom is 0.416 e. The van der Waals surface area contributed by atoms with Crippen LogP contribution in [0.1, 0.15) is 54.9 Å². The summed E-state index contributed by atoms with van der Waals surface area (Å²) in [6.45, 7) is 6.44. The summed E-state index contributed by atoms with van der Waals surface area (Å²) in [5.74, 6) is 1.61. The highest BCUT2D eigenvalue weighted by Gasteiger charge is 2.31. The van der Waals surface area contributed by atoms with E-state index < -0.39 is 11.7 Å². The van der Waals surface area contributed by atoms with Crippen LogP contribution in [0.2, 0.25) is 0 Å². The van der Waals surface area contributed by atoms with Crippen LogP contribution in [0.3, 0.4) is 0 Å². The fraction of sp³-hybridized carbons (Fsp3) is 0.448. The summed E-state index contributed by atoms with van der Waals surface area (Å²) in [6.07, 6.45) is 2.58. The van der Waals surface area contributed by atoms with Crippen LogP contribution >= 0.6 is 24.0 Å². The number of benzene rings is 2. The number of fused-ring (bicyclic) bond motifs is 1. The zero-order chi connectivity index (χ0) is 26.6. The zero-order valence-electron chi connectivity index (χ0n) is 21.6. The van der Waals surface area contributed by atoms with Crippen molar-refractivity contribution in [2.24, 2.45) is 5.92 Å². The molecule has 0 atom stereocenters. The average Bonchev–Trinajstić information content (AvgIpc) is 3.38. The van der Waals surface area contributed by atoms with Crippen molar-refractivity contribution in [3.8, 4) is 0 Å². The van der Waals surface area contributed by atoms with E-state index in [2.05, 4.69) is 24.0 Å². The van der Waals surface area contributed by atoms with E-state index in [0.717, 1.165) is 35.4 Å². The standard InChI is InChI=1S/C29H34F3N3S2/c1-4-34(17-21-9-5-6-10-21)27-24(16-23-11-7-8-12-26(23)33-27)19-35(28(36)37-3)18-22-13-20(2)14-25(15-22)29(30,31)32/h7-8,11-16,21H,4-6,9-10,17-19H2,1-3H3. The number of rotatable bonds is 8. The molecule has 0 amide bonds. The fourth-order valence-corrected chi connectivity index (χ4v) is 5.78. The number of alkyl halides is 3. The molecule has 1 heterocycles. The van der Waals surface area contributed by atoms with Gasteiger partial charge in [0.2, 0.25) is 0 Å². The van der Waals surface area contributed by atoms with Crippen molar-refractivity contribution in [1.29, 1.82) is 0 Å². The van der Waals surface area contributed by atoms with Crippen LogP contribution in [0.4, 0.5) is 19.0 Å². The van der Waals surface area contributed by atoms with Crippen molar-refractivity contribution >= 4 is 45.0 Å². The molecule has 1 aromatic heterocycles. The van der Waals surface area contributed by atoms with Crippen molar-refractivity contribution in [1.82, 2.24) is 9.88 Å². The van der Waals surface area contributed by atoms with Crippen LogP contribution in [0, 0.1) is 12.8 Å². The van der Waals surface area contributed by atoms with E-state index >= 15 is 0 Å². The fourth-order valence-electron chi connectivity index (χ4n) is 5.27. The number of anilines is 1. The number of nitrogens with zero attached hydrogens (tertiary/aromatic N) is 3. The Morgan fingerprint density at radius 2 is 1.81 bits per heavy atom. The Labute approximate surface area is 227 Å². The first-order valence-electron chi connectivity index (χ1n) is 12.8. The van der Waals surface area contributed by atoms with Gasteiger partial charge in [-0.05, 0) is 68.7 Å². The van der Waals surface area contributed by atoms with E-state index in [1.54, 1.807) is 6.92 Å². The van der Waals surface area contributed by atoms with Gasteiger partial charge in [-0.2, -0.15) is 13.2 Å². The molecule has 3 nitrogen and oxygen atoms in total. The molecule has 1 fully saturated rings. The Morgan fingerprint density at radius 3 is 2.49 bits per heavy atom. The third kappa shape index (κ3) is 6.96. The number of para-hydroxylation sites is 1. The lowest BCUT2D eigenvalue weighted by Gasteiger charge is -2.31. The highest BCUT2D eigenvalue weighted by molar-refractivity contribution is 8.22. The van der Waals surface area contributed by atoms with Crippen molar-refractivity contribution in [2.75, 3.05) is 24.2 Å². The van der Waals surface area contributed by atoms with Gasteiger partial charge in [0.25, 0.3) is 0 Å². The lowest BCUT2D eigenvalue weighted by atomic mass is 10.0. The number of hydrogen-bond acceptors (Lipinski definition) is 4. The molecule has 8 heteroatoms. The molecule has 0 radical (unpaired) electrons. The molecule has 198 valence electrons. The summed E-state index contributed by atoms with van der Waals surface area (Å²) in [5, 5.41) is 1.04. The molecule has 0 saturated heterocycles. The second-order valence-corrected chi connectivity index (χ2v) is 11.3. The van der Waals surface area contributed by atoms with E-state index in [0.29, 0.717) is 34.5 Å². The minimum atomic E-state index is -4.39. The van der Waals surface area contributed by atoms with Crippen molar-refractivity contribution in [2.45, 2.75) is 58.8 Å². The van der Waals surface area contributed by atoms with Crippen molar-refractivity contribution < 1.29 is 13.2 Å². The van der Waals surface area contributed by atoms with Crippen LogP contribution < -0.4 is 4.90 Å². The Balaban J connectivity index is 1.71. The quantitative estimate of drug-likeness (QED) is 0.265. The van der Waals surface area contributed by atoms with Gasteiger partial charge in [0.1, 0.15) is 10.1 Å². The highest BCUT2D eigenvalue weighted by atomic mass is 32.2. The Bertz CT molecular complexity index is 1240. The van der Waals surface area contributed by atoms with Crippen LogP contribution in [0.15, 0.2) is 48.5 Å². The molecule has 37 heavy (non-hydrogen) atoms. The first-order valence-corrected chi connectivity index (χ1v) is 14.5. The molecule has 0 aliphatic heterocycles. The number of halogens is 3. The highest BCUT2D eigenvalue weighted by Crippen LogP contribution is 2.33. The van der Waals surface area contributed by atoms with E-state index in [1.165, 1.54) is 49.6 Å². The first kappa shape index (κ1) is 27.7. The molecule has 1 saturated carbocycles. The van der Waals surface area contributed by atoms with Crippen LogP contribution in [0.5, 0.6) is 0 Å². The number of aromatic nitrogens is 1. The summed E-state index contributed by atoms with van der Waals surface area (Å²) < 4.78 is 41.1. The minimum absolute atomic E-state index is 0.297. The number of thiocarbonyl (C=S) groups is 1. The molecule has 0 N–H and O–H groups in total. The predicted molar refractivity (Wildman–Crippen MR) is 153 cm³/mol. The average molecular weight is 546 g/mol. The van der Waals surface area contributed by atoms with Gasteiger partial charge < -0.3 is 9.80 Å². The summed E-state index contributed by atoms with van der Waals surface area (Å²) in [7, 11) is 0. The monoisotopic (exact) mass is 545 g/mol. The molecule has 0 spiro atoms. The van der Waals surface area contributed by atoms with Gasteiger partial charge >= 0.3 is 6.18 Å². The molecule has 1 aliphatic carbocycles. The number of pyridine rings is 1. The lowest BCUT2D eigenvalue weighted by Crippen LogP contribution is -2.32. The van der Waals surface area contributed by atoms with E-state index in [4.69, 9.17) is 17.2 Å². The Kier molecular flexibility index (Phi) is 9.01. The third-order valence-electron chi connectivity index (χ3n) is 7.05. The maximum absolute atomic E-state index is 13.5. The smallest absolute Gasteiger partial charge is 0.356 e. The molecule has 3 aromatic rings. The van der Waals surface area contributed by atoms with Gasteiger partial charge in [0.15, 0.2) is 0 Å². The number of thioether (sulfide) groups is 1. The van der Waals surface area contributed by atoms with Crippen LogP contribution in [0.25, 0.3) is 10.9 Å². The zero-order valence-corrected chi connectivity index (χ0v) is 23.3. The minimum Gasteiger partial charge on any atom is -0.356 e. The molecule has 4 rings (SSSR count). The first-order chi connectivity index (χ1) is 17.7. The van der Waals surface area contributed by atoms with Gasteiger partial charge in [-0.15, -0.1) is 11.8 Å². The molecule has 2 aromatic carbocycles. The van der Waals surface area contributed by atoms with Gasteiger partial charge in [0.05, 0.1) is 11.1 Å². The summed E-state index contributed by atoms with van der Waals surface area (Å²) in [5.41, 5.74) is 2.54. The van der Waals surface area contributed by atoms with E-state index in [1.807, 2.05) is 35.4 Å². The second-order valence-electron chi connectivity index (χ2n) is 9.88. The summed E-state index contributed by atoms with van der Waals surface area (Å²) in [4.78, 5) is 9.46. The topological polar surface area (TPSA) is 19.4 Å². The molecular formula is C29H34F3N3S2. The number of aryl methyl sites for hydroxylation is 1. The van der Waals surface area contributed by atoms with Crippen molar-refractivity contribution in [3.63, 3.8) is 0 Å². The van der Waals surface area contributed by atoms with Gasteiger partial charge in [0, 0.05) is 37.1 Å². The lowest BCUT2D eigenvalue weighted by molar-refractivity contribution is -0.137. The Morgan fingerprint density at radius 1 is 1.08 bits per heavy atom. The second kappa shape index (κ2) is 12.0. The van der Waals surface area contributed by atoms with Crippen LogP contribution in [-0.2, 0) is 19.3 Å². The number of hydrogen-bond donors (Lipinski definition) is 0. The third-order valence-corrected chi connectivity index (χ3v) is 8.41. The summed E-state index contributed by atoms with van der Waals surface area (Å²) in [6, 6.07) is 14.5. The molecule has 1 aliphatic rings. The van der Waals surface area contributed by atoms with Gasteiger partial charge in [-0.3, -0.25) is 0 Å².